The Morgan fingerprint density at radius 3 is 2.54 bits per heavy atom. The maximum Gasteiger partial charge on any atom is 0.305 e. The Labute approximate surface area is 76.4 Å². The van der Waals surface area contributed by atoms with Gasteiger partial charge < -0.3 is 26.4 Å². The lowest BCUT2D eigenvalue weighted by Gasteiger charge is -2.20. The van der Waals surface area contributed by atoms with E-state index in [2.05, 4.69) is 5.32 Å². The smallest absolute Gasteiger partial charge is 0.305 e. The van der Waals surface area contributed by atoms with E-state index in [0.29, 0.717) is 13.1 Å². The molecular formula is C7H16N2O4. The van der Waals surface area contributed by atoms with E-state index in [1.165, 1.54) is 0 Å². The molecule has 13 heavy (non-hydrogen) atoms. The van der Waals surface area contributed by atoms with E-state index in [9.17, 15) is 9.90 Å². The average molecular weight is 192 g/mol. The predicted molar refractivity (Wildman–Crippen MR) is 46.2 cm³/mol. The SMILES string of the molecule is NCCNC(CC(=O)O)C(O)CO. The lowest BCUT2D eigenvalue weighted by molar-refractivity contribution is -0.138. The lowest BCUT2D eigenvalue weighted by Crippen LogP contribution is -2.45. The van der Waals surface area contributed by atoms with E-state index in [4.69, 9.17) is 15.9 Å². The Kier molecular flexibility index (Phi) is 6.43. The molecule has 0 aliphatic heterocycles. The maximum absolute atomic E-state index is 10.3. The first-order valence-corrected chi connectivity index (χ1v) is 4.06. The van der Waals surface area contributed by atoms with Crippen LogP contribution in [0, 0.1) is 0 Å². The minimum Gasteiger partial charge on any atom is -0.481 e. The first-order valence-electron chi connectivity index (χ1n) is 4.06. The van der Waals surface area contributed by atoms with E-state index in [1.807, 2.05) is 0 Å². The molecule has 0 aromatic carbocycles. The van der Waals surface area contributed by atoms with Crippen LogP contribution in [0.3, 0.4) is 0 Å². The molecule has 0 aliphatic rings. The molecule has 0 saturated heterocycles. The molecule has 0 bridgehead atoms. The number of carbonyl (C=O) groups is 1. The first kappa shape index (κ1) is 12.3. The molecule has 2 unspecified atom stereocenters. The van der Waals surface area contributed by atoms with Crippen LogP contribution in [0.25, 0.3) is 0 Å². The number of hydrogen-bond acceptors (Lipinski definition) is 5. The maximum atomic E-state index is 10.3. The number of carboxylic acids is 1. The van der Waals surface area contributed by atoms with Crippen molar-refractivity contribution in [1.29, 1.82) is 0 Å². The fourth-order valence-corrected chi connectivity index (χ4v) is 0.928. The Hall–Kier alpha value is -0.690. The van der Waals surface area contributed by atoms with Crippen molar-refractivity contribution in [2.45, 2.75) is 18.6 Å². The van der Waals surface area contributed by atoms with Gasteiger partial charge in [-0.3, -0.25) is 4.79 Å². The van der Waals surface area contributed by atoms with Crippen molar-refractivity contribution in [1.82, 2.24) is 5.32 Å². The van der Waals surface area contributed by atoms with Crippen molar-refractivity contribution in [2.24, 2.45) is 5.73 Å². The van der Waals surface area contributed by atoms with Crippen LogP contribution in [0.5, 0.6) is 0 Å². The zero-order chi connectivity index (χ0) is 10.3. The third-order valence-corrected chi connectivity index (χ3v) is 1.60. The quantitative estimate of drug-likeness (QED) is 0.310. The second-order valence-corrected chi connectivity index (χ2v) is 2.70. The Bertz CT molecular complexity index is 153. The lowest BCUT2D eigenvalue weighted by atomic mass is 10.1. The largest absolute Gasteiger partial charge is 0.481 e. The summed E-state index contributed by atoms with van der Waals surface area (Å²) in [7, 11) is 0. The summed E-state index contributed by atoms with van der Waals surface area (Å²) >= 11 is 0. The average Bonchev–Trinajstić information content (AvgIpc) is 2.10. The molecule has 0 fully saturated rings. The zero-order valence-electron chi connectivity index (χ0n) is 7.31. The number of nitrogens with two attached hydrogens (primary N) is 1. The molecular weight excluding hydrogens is 176 g/mol. The van der Waals surface area contributed by atoms with Gasteiger partial charge in [-0.25, -0.2) is 0 Å². The molecule has 78 valence electrons. The number of hydrogen-bond donors (Lipinski definition) is 5. The van der Waals surface area contributed by atoms with Gasteiger partial charge in [-0.2, -0.15) is 0 Å². The van der Waals surface area contributed by atoms with Gasteiger partial charge in [0.15, 0.2) is 0 Å². The highest BCUT2D eigenvalue weighted by Crippen LogP contribution is 1.98. The monoisotopic (exact) mass is 192 g/mol. The standard InChI is InChI=1S/C7H16N2O4/c8-1-2-9-5(3-7(12)13)6(11)4-10/h5-6,9-11H,1-4,8H2,(H,12,13). The molecule has 2 atom stereocenters. The highest BCUT2D eigenvalue weighted by Gasteiger charge is 2.20. The molecule has 0 heterocycles. The van der Waals surface area contributed by atoms with Crippen LogP contribution in [0.4, 0.5) is 0 Å². The van der Waals surface area contributed by atoms with E-state index in [-0.39, 0.29) is 6.42 Å². The van der Waals surface area contributed by atoms with E-state index < -0.39 is 24.7 Å². The fraction of sp³-hybridized carbons (Fsp3) is 0.857. The zero-order valence-corrected chi connectivity index (χ0v) is 7.31. The molecule has 0 aromatic heterocycles. The van der Waals surface area contributed by atoms with Crippen molar-refractivity contribution in [2.75, 3.05) is 19.7 Å². The number of aliphatic hydroxyl groups excluding tert-OH is 2. The second kappa shape index (κ2) is 6.79. The van der Waals surface area contributed by atoms with Gasteiger partial charge in [-0.05, 0) is 0 Å². The normalized spacial score (nSPS) is 15.3. The molecule has 6 heteroatoms. The highest BCUT2D eigenvalue weighted by molar-refractivity contribution is 5.67. The summed E-state index contributed by atoms with van der Waals surface area (Å²) in [6.07, 6.45) is -1.30. The van der Waals surface area contributed by atoms with Crippen molar-refractivity contribution in [3.8, 4) is 0 Å². The summed E-state index contributed by atoms with van der Waals surface area (Å²) in [4.78, 5) is 10.3. The minimum atomic E-state index is -1.07. The topological polar surface area (TPSA) is 116 Å². The third-order valence-electron chi connectivity index (χ3n) is 1.60. The minimum absolute atomic E-state index is 0.234. The van der Waals surface area contributed by atoms with Gasteiger partial charge >= 0.3 is 5.97 Å². The second-order valence-electron chi connectivity index (χ2n) is 2.70. The van der Waals surface area contributed by atoms with E-state index in [0.717, 1.165) is 0 Å². The van der Waals surface area contributed by atoms with Gasteiger partial charge in [0, 0.05) is 19.1 Å². The van der Waals surface area contributed by atoms with Crippen LogP contribution in [0.1, 0.15) is 6.42 Å². The Morgan fingerprint density at radius 1 is 1.54 bits per heavy atom. The van der Waals surface area contributed by atoms with Crippen LogP contribution in [0.2, 0.25) is 0 Å². The molecule has 0 aromatic rings. The summed E-state index contributed by atoms with van der Waals surface area (Å²) < 4.78 is 0. The van der Waals surface area contributed by atoms with Gasteiger partial charge in [0.2, 0.25) is 0 Å². The molecule has 0 aliphatic carbocycles. The molecule has 0 saturated carbocycles. The van der Waals surface area contributed by atoms with Crippen molar-refractivity contribution in [3.05, 3.63) is 0 Å². The third kappa shape index (κ3) is 5.53. The molecule has 0 rings (SSSR count). The number of nitrogens with one attached hydrogen (secondary N) is 1. The number of aliphatic hydroxyl groups is 2. The summed E-state index contributed by atoms with van der Waals surface area (Å²) in [5.74, 6) is -1.03. The van der Waals surface area contributed by atoms with Crippen LogP contribution in [-0.2, 0) is 4.79 Å². The summed E-state index contributed by atoms with van der Waals surface area (Å²) in [6, 6.07) is -0.647. The number of aliphatic carboxylic acids is 1. The molecule has 0 radical (unpaired) electrons. The van der Waals surface area contributed by atoms with Gasteiger partial charge in [0.25, 0.3) is 0 Å². The van der Waals surface area contributed by atoms with Crippen molar-refractivity contribution < 1.29 is 20.1 Å². The Morgan fingerprint density at radius 2 is 2.15 bits per heavy atom. The summed E-state index contributed by atoms with van der Waals surface area (Å²) in [6.45, 7) is 0.304. The molecule has 0 spiro atoms. The fourth-order valence-electron chi connectivity index (χ4n) is 0.928. The van der Waals surface area contributed by atoms with Crippen molar-refractivity contribution >= 4 is 5.97 Å². The summed E-state index contributed by atoms with van der Waals surface area (Å²) in [5, 5.41) is 29.0. The van der Waals surface area contributed by atoms with Gasteiger partial charge in [-0.1, -0.05) is 0 Å². The van der Waals surface area contributed by atoms with Crippen LogP contribution >= 0.6 is 0 Å². The Balaban J connectivity index is 3.94. The highest BCUT2D eigenvalue weighted by atomic mass is 16.4. The van der Waals surface area contributed by atoms with Crippen LogP contribution in [0.15, 0.2) is 0 Å². The molecule has 6 N–H and O–H groups in total. The van der Waals surface area contributed by atoms with Crippen molar-refractivity contribution in [3.63, 3.8) is 0 Å². The number of rotatable bonds is 7. The molecule has 0 amide bonds. The van der Waals surface area contributed by atoms with E-state index >= 15 is 0 Å². The summed E-state index contributed by atoms with van der Waals surface area (Å²) in [5.41, 5.74) is 5.20. The van der Waals surface area contributed by atoms with Gasteiger partial charge in [-0.15, -0.1) is 0 Å². The van der Waals surface area contributed by atoms with Gasteiger partial charge in [0.05, 0.1) is 19.1 Å². The van der Waals surface area contributed by atoms with Crippen LogP contribution < -0.4 is 11.1 Å². The van der Waals surface area contributed by atoms with Crippen LogP contribution in [-0.4, -0.2) is 53.1 Å². The first-order chi connectivity index (χ1) is 6.11. The predicted octanol–water partition coefficient (Wildman–Crippen LogP) is -2.27. The van der Waals surface area contributed by atoms with Gasteiger partial charge in [0.1, 0.15) is 0 Å². The molecule has 6 nitrogen and oxygen atoms in total. The van der Waals surface area contributed by atoms with E-state index in [1.54, 1.807) is 0 Å². The number of carboxylic acid groups (broad SMARTS) is 1.